The number of hydrogen-bond donors (Lipinski definition) is 2. The van der Waals surface area contributed by atoms with Gasteiger partial charge in [-0.25, -0.2) is 4.39 Å². The summed E-state index contributed by atoms with van der Waals surface area (Å²) in [6.45, 7) is 0. The van der Waals surface area contributed by atoms with Crippen LogP contribution in [-0.4, -0.2) is 5.11 Å². The van der Waals surface area contributed by atoms with Crippen molar-refractivity contribution in [1.82, 2.24) is 0 Å². The standard InChI is InChI=1S/C8H8FNO/c9-7-3-1-2-6(4-7)8(11)5-10/h1-5,11H,10H2/b8-5-. The zero-order chi connectivity index (χ0) is 8.27. The summed E-state index contributed by atoms with van der Waals surface area (Å²) >= 11 is 0. The summed E-state index contributed by atoms with van der Waals surface area (Å²) in [5.41, 5.74) is 5.40. The van der Waals surface area contributed by atoms with Crippen molar-refractivity contribution in [2.24, 2.45) is 5.73 Å². The van der Waals surface area contributed by atoms with E-state index in [0.717, 1.165) is 6.20 Å². The summed E-state index contributed by atoms with van der Waals surface area (Å²) < 4.78 is 12.5. The molecule has 1 aromatic carbocycles. The van der Waals surface area contributed by atoms with Gasteiger partial charge in [-0.05, 0) is 12.1 Å². The van der Waals surface area contributed by atoms with Gasteiger partial charge >= 0.3 is 0 Å². The van der Waals surface area contributed by atoms with E-state index in [2.05, 4.69) is 0 Å². The molecule has 58 valence electrons. The van der Waals surface area contributed by atoms with Crippen LogP contribution in [0.3, 0.4) is 0 Å². The molecule has 0 saturated carbocycles. The van der Waals surface area contributed by atoms with Crippen molar-refractivity contribution in [2.45, 2.75) is 0 Å². The van der Waals surface area contributed by atoms with E-state index < -0.39 is 5.82 Å². The Morgan fingerprint density at radius 2 is 2.27 bits per heavy atom. The Hall–Kier alpha value is -1.51. The van der Waals surface area contributed by atoms with E-state index in [9.17, 15) is 4.39 Å². The molecule has 0 spiro atoms. The van der Waals surface area contributed by atoms with Gasteiger partial charge in [-0.15, -0.1) is 0 Å². The minimum Gasteiger partial charge on any atom is -0.506 e. The molecule has 2 nitrogen and oxygen atoms in total. The number of rotatable bonds is 1. The molecular weight excluding hydrogens is 145 g/mol. The third-order valence-corrected chi connectivity index (χ3v) is 1.28. The SMILES string of the molecule is N/C=C(\O)c1cccc(F)c1. The van der Waals surface area contributed by atoms with E-state index >= 15 is 0 Å². The van der Waals surface area contributed by atoms with Crippen LogP contribution in [0.25, 0.3) is 5.76 Å². The van der Waals surface area contributed by atoms with Crippen LogP contribution in [0.5, 0.6) is 0 Å². The third-order valence-electron chi connectivity index (χ3n) is 1.28. The van der Waals surface area contributed by atoms with Crippen molar-refractivity contribution in [1.29, 1.82) is 0 Å². The molecule has 11 heavy (non-hydrogen) atoms. The highest BCUT2D eigenvalue weighted by molar-refractivity contribution is 5.57. The smallest absolute Gasteiger partial charge is 0.138 e. The Labute approximate surface area is 63.8 Å². The average Bonchev–Trinajstić information content (AvgIpc) is 2.03. The van der Waals surface area contributed by atoms with Crippen LogP contribution in [0.1, 0.15) is 5.56 Å². The lowest BCUT2D eigenvalue weighted by Crippen LogP contribution is -1.88. The molecule has 0 amide bonds. The van der Waals surface area contributed by atoms with Crippen LogP contribution in [0.2, 0.25) is 0 Å². The number of aliphatic hydroxyl groups is 1. The van der Waals surface area contributed by atoms with E-state index in [-0.39, 0.29) is 5.76 Å². The van der Waals surface area contributed by atoms with Crippen LogP contribution in [0, 0.1) is 5.82 Å². The molecule has 0 saturated heterocycles. The summed E-state index contributed by atoms with van der Waals surface area (Å²) in [5, 5.41) is 9.02. The molecule has 3 heteroatoms. The van der Waals surface area contributed by atoms with Gasteiger partial charge in [-0.2, -0.15) is 0 Å². The van der Waals surface area contributed by atoms with Gasteiger partial charge in [0.15, 0.2) is 0 Å². The van der Waals surface area contributed by atoms with Gasteiger partial charge in [0.2, 0.25) is 0 Å². The first-order valence-electron chi connectivity index (χ1n) is 3.11. The van der Waals surface area contributed by atoms with Crippen molar-refractivity contribution in [3.05, 3.63) is 41.8 Å². The lowest BCUT2D eigenvalue weighted by Gasteiger charge is -1.97. The first kappa shape index (κ1) is 7.60. The van der Waals surface area contributed by atoms with Crippen molar-refractivity contribution < 1.29 is 9.50 Å². The van der Waals surface area contributed by atoms with Crippen LogP contribution in [0.15, 0.2) is 30.5 Å². The molecule has 0 aliphatic rings. The molecule has 0 aliphatic heterocycles. The number of nitrogens with two attached hydrogens (primary N) is 1. The molecule has 3 N–H and O–H groups in total. The molecule has 0 radical (unpaired) electrons. The number of halogens is 1. The van der Waals surface area contributed by atoms with Crippen molar-refractivity contribution >= 4 is 5.76 Å². The molecule has 0 unspecified atom stereocenters. The molecule has 1 rings (SSSR count). The monoisotopic (exact) mass is 153 g/mol. The summed E-state index contributed by atoms with van der Waals surface area (Å²) in [6.07, 6.45) is 1.02. The topological polar surface area (TPSA) is 46.2 Å². The summed E-state index contributed by atoms with van der Waals surface area (Å²) in [7, 11) is 0. The molecule has 0 atom stereocenters. The van der Waals surface area contributed by atoms with E-state index in [1.165, 1.54) is 18.2 Å². The van der Waals surface area contributed by atoms with E-state index in [4.69, 9.17) is 10.8 Å². The molecule has 1 aromatic rings. The number of aliphatic hydroxyl groups excluding tert-OH is 1. The van der Waals surface area contributed by atoms with Crippen molar-refractivity contribution in [3.8, 4) is 0 Å². The van der Waals surface area contributed by atoms with Gasteiger partial charge in [0.1, 0.15) is 11.6 Å². The highest BCUT2D eigenvalue weighted by atomic mass is 19.1. The molecule has 0 heterocycles. The predicted octanol–water partition coefficient (Wildman–Crippen LogP) is 1.64. The van der Waals surface area contributed by atoms with Crippen LogP contribution in [-0.2, 0) is 0 Å². The zero-order valence-corrected chi connectivity index (χ0v) is 5.79. The fraction of sp³-hybridized carbons (Fsp3) is 0. The van der Waals surface area contributed by atoms with Crippen LogP contribution >= 0.6 is 0 Å². The first-order valence-corrected chi connectivity index (χ1v) is 3.11. The number of hydrogen-bond acceptors (Lipinski definition) is 2. The Balaban J connectivity index is 3.06. The second-order valence-electron chi connectivity index (χ2n) is 2.06. The molecule has 0 aliphatic carbocycles. The lowest BCUT2D eigenvalue weighted by molar-refractivity contribution is 0.509. The van der Waals surface area contributed by atoms with E-state index in [1.807, 2.05) is 0 Å². The Kier molecular flexibility index (Phi) is 2.11. The average molecular weight is 153 g/mol. The lowest BCUT2D eigenvalue weighted by atomic mass is 10.2. The van der Waals surface area contributed by atoms with Gasteiger partial charge in [0.05, 0.1) is 0 Å². The molecular formula is C8H8FNO. The van der Waals surface area contributed by atoms with Crippen LogP contribution in [0.4, 0.5) is 4.39 Å². The fourth-order valence-corrected chi connectivity index (χ4v) is 0.744. The Morgan fingerprint density at radius 1 is 1.55 bits per heavy atom. The number of benzene rings is 1. The minimum atomic E-state index is -0.393. The maximum absolute atomic E-state index is 12.5. The highest BCUT2D eigenvalue weighted by Crippen LogP contribution is 2.10. The van der Waals surface area contributed by atoms with Crippen molar-refractivity contribution in [3.63, 3.8) is 0 Å². The third kappa shape index (κ3) is 1.70. The normalized spacial score (nSPS) is 11.5. The maximum atomic E-state index is 12.5. The molecule has 0 bridgehead atoms. The second kappa shape index (κ2) is 3.05. The summed E-state index contributed by atoms with van der Waals surface area (Å²) in [6, 6.07) is 5.58. The fourth-order valence-electron chi connectivity index (χ4n) is 0.744. The van der Waals surface area contributed by atoms with Gasteiger partial charge in [0.25, 0.3) is 0 Å². The quantitative estimate of drug-likeness (QED) is 0.602. The van der Waals surface area contributed by atoms with Crippen LogP contribution < -0.4 is 5.73 Å². The Morgan fingerprint density at radius 3 is 2.82 bits per heavy atom. The summed E-state index contributed by atoms with van der Waals surface area (Å²) in [4.78, 5) is 0. The minimum absolute atomic E-state index is 0.121. The maximum Gasteiger partial charge on any atom is 0.138 e. The van der Waals surface area contributed by atoms with Gasteiger partial charge in [0, 0.05) is 11.8 Å². The molecule has 0 fully saturated rings. The Bertz CT molecular complexity index is 283. The van der Waals surface area contributed by atoms with Gasteiger partial charge in [-0.1, -0.05) is 12.1 Å². The predicted molar refractivity (Wildman–Crippen MR) is 41.2 cm³/mol. The van der Waals surface area contributed by atoms with E-state index in [0.29, 0.717) is 5.56 Å². The zero-order valence-electron chi connectivity index (χ0n) is 5.79. The second-order valence-corrected chi connectivity index (χ2v) is 2.06. The van der Waals surface area contributed by atoms with Gasteiger partial charge in [-0.3, -0.25) is 0 Å². The van der Waals surface area contributed by atoms with Gasteiger partial charge < -0.3 is 10.8 Å². The van der Waals surface area contributed by atoms with E-state index in [1.54, 1.807) is 6.07 Å². The van der Waals surface area contributed by atoms with Crippen molar-refractivity contribution in [2.75, 3.05) is 0 Å². The molecule has 0 aromatic heterocycles. The summed E-state index contributed by atoms with van der Waals surface area (Å²) in [5.74, 6) is -0.514. The first-order chi connectivity index (χ1) is 5.24. The largest absolute Gasteiger partial charge is 0.506 e. The highest BCUT2D eigenvalue weighted by Gasteiger charge is 1.97.